The van der Waals surface area contributed by atoms with Crippen molar-refractivity contribution in [2.75, 3.05) is 33.2 Å². The average molecular weight is 303 g/mol. The van der Waals surface area contributed by atoms with Gasteiger partial charge in [0.1, 0.15) is 0 Å². The first-order valence-electron chi connectivity index (χ1n) is 7.79. The van der Waals surface area contributed by atoms with Gasteiger partial charge in [0, 0.05) is 43.5 Å². The second-order valence-corrected chi connectivity index (χ2v) is 7.40. The monoisotopic (exact) mass is 303 g/mol. The second kappa shape index (κ2) is 5.14. The van der Waals surface area contributed by atoms with Crippen LogP contribution in [0.3, 0.4) is 0 Å². The Morgan fingerprint density at radius 2 is 2.05 bits per heavy atom. The Hall–Kier alpha value is -1.33. The summed E-state index contributed by atoms with van der Waals surface area (Å²) in [6.45, 7) is 3.79. The molecule has 0 aromatic carbocycles. The lowest BCUT2D eigenvalue weighted by molar-refractivity contribution is 0.0768. The molecule has 1 saturated carbocycles. The van der Waals surface area contributed by atoms with Crippen LogP contribution in [0.4, 0.5) is 0 Å². The maximum atomic E-state index is 12.7. The van der Waals surface area contributed by atoms with E-state index in [9.17, 15) is 4.79 Å². The van der Waals surface area contributed by atoms with Gasteiger partial charge in [-0.05, 0) is 38.9 Å². The van der Waals surface area contributed by atoms with Crippen LogP contribution >= 0.6 is 11.3 Å². The molecule has 0 bridgehead atoms. The van der Waals surface area contributed by atoms with Crippen molar-refractivity contribution >= 4 is 27.3 Å². The SMILES string of the molecule is CN1CCCN(C(=O)c2cc3cn(C4CC4)cc3s2)CC1. The Kier molecular flexibility index (Phi) is 3.27. The molecule has 4 nitrogen and oxygen atoms in total. The molecule has 0 N–H and O–H groups in total. The molecule has 1 aliphatic heterocycles. The lowest BCUT2D eigenvalue weighted by atomic mass is 10.3. The molecule has 21 heavy (non-hydrogen) atoms. The van der Waals surface area contributed by atoms with E-state index >= 15 is 0 Å². The molecule has 1 saturated heterocycles. The van der Waals surface area contributed by atoms with Crippen LogP contribution < -0.4 is 0 Å². The Balaban J connectivity index is 1.54. The molecule has 2 aromatic rings. The van der Waals surface area contributed by atoms with Crippen molar-refractivity contribution in [1.29, 1.82) is 0 Å². The number of rotatable bonds is 2. The van der Waals surface area contributed by atoms with Crippen LogP contribution in [0.1, 0.15) is 35.0 Å². The van der Waals surface area contributed by atoms with Crippen molar-refractivity contribution in [1.82, 2.24) is 14.4 Å². The summed E-state index contributed by atoms with van der Waals surface area (Å²) in [4.78, 5) is 17.9. The predicted octanol–water partition coefficient (Wildman–Crippen LogP) is 2.82. The molecule has 1 aliphatic carbocycles. The summed E-state index contributed by atoms with van der Waals surface area (Å²) in [6, 6.07) is 2.79. The fourth-order valence-electron chi connectivity index (χ4n) is 3.05. The number of hydrogen-bond acceptors (Lipinski definition) is 3. The Labute approximate surface area is 128 Å². The van der Waals surface area contributed by atoms with Crippen LogP contribution in [0, 0.1) is 0 Å². The van der Waals surface area contributed by atoms with E-state index in [1.165, 1.54) is 22.9 Å². The highest BCUT2D eigenvalue weighted by molar-refractivity contribution is 7.20. The van der Waals surface area contributed by atoms with E-state index in [1.54, 1.807) is 11.3 Å². The summed E-state index contributed by atoms with van der Waals surface area (Å²) >= 11 is 1.65. The maximum Gasteiger partial charge on any atom is 0.264 e. The van der Waals surface area contributed by atoms with Crippen molar-refractivity contribution in [3.8, 4) is 0 Å². The molecule has 112 valence electrons. The molecule has 2 aliphatic rings. The third-order valence-electron chi connectivity index (χ3n) is 4.53. The van der Waals surface area contributed by atoms with Gasteiger partial charge in [-0.3, -0.25) is 4.79 Å². The highest BCUT2D eigenvalue weighted by Crippen LogP contribution is 2.38. The third kappa shape index (κ3) is 2.60. The fraction of sp³-hybridized carbons (Fsp3) is 0.562. The molecule has 0 unspecified atom stereocenters. The van der Waals surface area contributed by atoms with Gasteiger partial charge in [-0.1, -0.05) is 0 Å². The van der Waals surface area contributed by atoms with E-state index in [0.717, 1.165) is 37.5 Å². The number of amides is 1. The normalized spacial score (nSPS) is 20.9. The first-order chi connectivity index (χ1) is 10.2. The number of carbonyl (C=O) groups excluding carboxylic acids is 1. The molecule has 0 radical (unpaired) electrons. The van der Waals surface area contributed by atoms with E-state index in [2.05, 4.69) is 35.0 Å². The van der Waals surface area contributed by atoms with E-state index in [4.69, 9.17) is 0 Å². The average Bonchev–Trinajstić information content (AvgIpc) is 3.17. The molecule has 3 heterocycles. The van der Waals surface area contributed by atoms with Crippen LogP contribution in [-0.2, 0) is 0 Å². The Morgan fingerprint density at radius 3 is 2.81 bits per heavy atom. The van der Waals surface area contributed by atoms with E-state index in [-0.39, 0.29) is 5.91 Å². The van der Waals surface area contributed by atoms with Crippen molar-refractivity contribution in [2.45, 2.75) is 25.3 Å². The summed E-state index contributed by atoms with van der Waals surface area (Å²) in [6.07, 6.45) is 8.09. The van der Waals surface area contributed by atoms with Crippen molar-refractivity contribution in [3.63, 3.8) is 0 Å². The summed E-state index contributed by atoms with van der Waals surface area (Å²) in [5.74, 6) is 0.212. The summed E-state index contributed by atoms with van der Waals surface area (Å²) in [7, 11) is 2.13. The van der Waals surface area contributed by atoms with Gasteiger partial charge in [-0.25, -0.2) is 0 Å². The number of hydrogen-bond donors (Lipinski definition) is 0. The number of nitrogens with zero attached hydrogens (tertiary/aromatic N) is 3. The minimum absolute atomic E-state index is 0.212. The standard InChI is InChI=1S/C16H21N3OS/c1-17-5-2-6-18(8-7-17)16(20)14-9-12-10-19(13-3-4-13)11-15(12)21-14/h9-11,13H,2-8H2,1H3. The number of carbonyl (C=O) groups is 1. The third-order valence-corrected chi connectivity index (χ3v) is 5.60. The minimum Gasteiger partial charge on any atom is -0.349 e. The zero-order valence-corrected chi connectivity index (χ0v) is 13.2. The van der Waals surface area contributed by atoms with E-state index < -0.39 is 0 Å². The van der Waals surface area contributed by atoms with Gasteiger partial charge < -0.3 is 14.4 Å². The molecule has 2 fully saturated rings. The number of thiophene rings is 1. The molecule has 0 atom stereocenters. The number of likely N-dealkylation sites (N-methyl/N-ethyl adjacent to an activating group) is 1. The Morgan fingerprint density at radius 1 is 1.19 bits per heavy atom. The van der Waals surface area contributed by atoms with Gasteiger partial charge in [0.05, 0.1) is 9.58 Å². The topological polar surface area (TPSA) is 28.5 Å². The van der Waals surface area contributed by atoms with Gasteiger partial charge in [-0.15, -0.1) is 11.3 Å². The molecule has 2 aromatic heterocycles. The van der Waals surface area contributed by atoms with E-state index in [0.29, 0.717) is 6.04 Å². The highest BCUT2D eigenvalue weighted by atomic mass is 32.1. The number of fused-ring (bicyclic) bond motifs is 1. The highest BCUT2D eigenvalue weighted by Gasteiger charge is 2.25. The first-order valence-corrected chi connectivity index (χ1v) is 8.61. The summed E-state index contributed by atoms with van der Waals surface area (Å²) in [5, 5.41) is 1.22. The molecular formula is C16H21N3OS. The van der Waals surface area contributed by atoms with Gasteiger partial charge >= 0.3 is 0 Å². The molecular weight excluding hydrogens is 282 g/mol. The zero-order valence-electron chi connectivity index (χ0n) is 12.4. The van der Waals surface area contributed by atoms with Gasteiger partial charge in [0.2, 0.25) is 0 Å². The second-order valence-electron chi connectivity index (χ2n) is 6.32. The van der Waals surface area contributed by atoms with Crippen molar-refractivity contribution in [3.05, 3.63) is 23.3 Å². The van der Waals surface area contributed by atoms with Crippen LogP contribution in [-0.4, -0.2) is 53.5 Å². The van der Waals surface area contributed by atoms with Gasteiger partial charge in [0.25, 0.3) is 5.91 Å². The van der Waals surface area contributed by atoms with Gasteiger partial charge in [0.15, 0.2) is 0 Å². The molecule has 1 amide bonds. The van der Waals surface area contributed by atoms with Crippen LogP contribution in [0.5, 0.6) is 0 Å². The predicted molar refractivity (Wildman–Crippen MR) is 86.1 cm³/mol. The van der Waals surface area contributed by atoms with Crippen LogP contribution in [0.15, 0.2) is 18.5 Å². The quantitative estimate of drug-likeness (QED) is 0.853. The molecule has 0 spiro atoms. The largest absolute Gasteiger partial charge is 0.349 e. The Bertz CT molecular complexity index is 639. The maximum absolute atomic E-state index is 12.7. The molecule has 4 rings (SSSR count). The smallest absolute Gasteiger partial charge is 0.264 e. The minimum atomic E-state index is 0.212. The lowest BCUT2D eigenvalue weighted by Gasteiger charge is -2.19. The van der Waals surface area contributed by atoms with Gasteiger partial charge in [-0.2, -0.15) is 0 Å². The van der Waals surface area contributed by atoms with Crippen LogP contribution in [0.2, 0.25) is 0 Å². The van der Waals surface area contributed by atoms with Crippen molar-refractivity contribution < 1.29 is 4.79 Å². The fourth-order valence-corrected chi connectivity index (χ4v) is 4.09. The zero-order chi connectivity index (χ0) is 14.4. The van der Waals surface area contributed by atoms with Crippen molar-refractivity contribution in [2.24, 2.45) is 0 Å². The lowest BCUT2D eigenvalue weighted by Crippen LogP contribution is -2.34. The van der Waals surface area contributed by atoms with Crippen LogP contribution in [0.25, 0.3) is 10.1 Å². The summed E-state index contributed by atoms with van der Waals surface area (Å²) in [5.41, 5.74) is 0. The van der Waals surface area contributed by atoms with E-state index in [1.807, 2.05) is 4.90 Å². The molecule has 5 heteroatoms. The number of aromatic nitrogens is 1. The summed E-state index contributed by atoms with van der Waals surface area (Å²) < 4.78 is 3.56. The first kappa shape index (κ1) is 13.3.